The van der Waals surface area contributed by atoms with E-state index in [-0.39, 0.29) is 23.1 Å². The normalized spacial score (nSPS) is 23.9. The van der Waals surface area contributed by atoms with E-state index in [9.17, 15) is 19.6 Å². The number of amides is 3. The van der Waals surface area contributed by atoms with Crippen LogP contribution in [0.1, 0.15) is 44.1 Å². The summed E-state index contributed by atoms with van der Waals surface area (Å²) < 4.78 is 0. The zero-order valence-electron chi connectivity index (χ0n) is 21.1. The summed E-state index contributed by atoms with van der Waals surface area (Å²) in [6.45, 7) is 0. The highest BCUT2D eigenvalue weighted by Gasteiger charge is 2.68. The molecule has 4 aliphatic rings. The molecule has 8 heteroatoms. The summed E-state index contributed by atoms with van der Waals surface area (Å²) in [6.07, 6.45) is 4.63. The number of anilines is 1. The predicted molar refractivity (Wildman–Crippen MR) is 146 cm³/mol. The first-order valence-corrected chi connectivity index (χ1v) is 12.9. The molecule has 3 aromatic carbocycles. The van der Waals surface area contributed by atoms with Crippen molar-refractivity contribution in [3.05, 3.63) is 131 Å². The molecule has 1 aliphatic heterocycles. The van der Waals surface area contributed by atoms with Crippen LogP contribution < -0.4 is 10.3 Å². The van der Waals surface area contributed by atoms with Crippen LogP contribution in [0.2, 0.25) is 0 Å². The van der Waals surface area contributed by atoms with Crippen molar-refractivity contribution >= 4 is 29.6 Å². The number of carbonyl (C=O) groups is 3. The van der Waals surface area contributed by atoms with Crippen molar-refractivity contribution in [2.75, 3.05) is 4.90 Å². The maximum absolute atomic E-state index is 14.4. The zero-order valence-corrected chi connectivity index (χ0v) is 21.1. The first-order chi connectivity index (χ1) is 19.6. The van der Waals surface area contributed by atoms with Crippen molar-refractivity contribution in [2.24, 2.45) is 16.9 Å². The monoisotopic (exact) mass is 523 g/mol. The van der Waals surface area contributed by atoms with Gasteiger partial charge in [0.1, 0.15) is 6.07 Å². The summed E-state index contributed by atoms with van der Waals surface area (Å²) in [5, 5.41) is 14.2. The van der Waals surface area contributed by atoms with Crippen molar-refractivity contribution < 1.29 is 14.4 Å². The first-order valence-electron chi connectivity index (χ1n) is 12.9. The number of hydrogen-bond acceptors (Lipinski definition) is 6. The Labute approximate surface area is 229 Å². The fourth-order valence-electron chi connectivity index (χ4n) is 6.80. The Balaban J connectivity index is 1.43. The lowest BCUT2D eigenvalue weighted by atomic mass is 9.47. The molecule has 2 bridgehead atoms. The van der Waals surface area contributed by atoms with Crippen LogP contribution in [0.3, 0.4) is 0 Å². The average molecular weight is 524 g/mol. The fraction of sp³-hybridized carbons (Fsp3) is 0.125. The molecule has 192 valence electrons. The maximum Gasteiger partial charge on any atom is 0.272 e. The van der Waals surface area contributed by atoms with Gasteiger partial charge >= 0.3 is 0 Å². The first kappa shape index (κ1) is 23.7. The average Bonchev–Trinajstić information content (AvgIpc) is 3.28. The van der Waals surface area contributed by atoms with Gasteiger partial charge in [-0.3, -0.25) is 19.4 Å². The van der Waals surface area contributed by atoms with E-state index in [1.54, 1.807) is 48.8 Å². The lowest BCUT2D eigenvalue weighted by Crippen LogP contribution is -2.54. The number of para-hydroxylation sites is 1. The number of rotatable bonds is 4. The standard InChI is InChI=1S/C32H21N5O3/c33-16-19-8-1-6-14-25(19)37-30(39)27-26-21-10-2-4-12-23(21)32(28(27)31(37)40,24-13-5-3-11-22(24)26)18-35-36-29(38)20-9-7-15-34-17-20/h1-15,17-18,26-28H,(H,36,38)/b35-18+. The maximum atomic E-state index is 14.4. The van der Waals surface area contributed by atoms with Crippen molar-refractivity contribution in [3.8, 4) is 6.07 Å². The fourth-order valence-corrected chi connectivity index (χ4v) is 6.80. The second-order valence-corrected chi connectivity index (χ2v) is 10.1. The van der Waals surface area contributed by atoms with E-state index in [0.717, 1.165) is 22.3 Å². The van der Waals surface area contributed by atoms with Gasteiger partial charge in [-0.15, -0.1) is 0 Å². The quantitative estimate of drug-likeness (QED) is 0.247. The van der Waals surface area contributed by atoms with Crippen molar-refractivity contribution in [3.63, 3.8) is 0 Å². The van der Waals surface area contributed by atoms with Crippen LogP contribution >= 0.6 is 0 Å². The summed E-state index contributed by atoms with van der Waals surface area (Å²) in [6, 6.07) is 27.6. The van der Waals surface area contributed by atoms with Gasteiger partial charge in [0.05, 0.1) is 34.1 Å². The molecular formula is C32H21N5O3. The Kier molecular flexibility index (Phi) is 5.22. The second-order valence-electron chi connectivity index (χ2n) is 10.1. The topological polar surface area (TPSA) is 116 Å². The highest BCUT2D eigenvalue weighted by atomic mass is 16.2. The minimum atomic E-state index is -1.13. The molecule has 1 saturated heterocycles. The van der Waals surface area contributed by atoms with Gasteiger partial charge < -0.3 is 0 Å². The molecule has 40 heavy (non-hydrogen) atoms. The van der Waals surface area contributed by atoms with Crippen LogP contribution in [0.4, 0.5) is 5.69 Å². The Morgan fingerprint density at radius 2 is 1.60 bits per heavy atom. The van der Waals surface area contributed by atoms with E-state index >= 15 is 0 Å². The SMILES string of the molecule is N#Cc1ccccc1N1C(=O)C2C3c4ccccc4C(/C=N/NC(=O)c4cccnc4)(c4ccccc43)C2C1=O. The molecular weight excluding hydrogens is 502 g/mol. The Morgan fingerprint density at radius 3 is 2.27 bits per heavy atom. The van der Waals surface area contributed by atoms with Gasteiger partial charge in [-0.2, -0.15) is 10.4 Å². The third-order valence-electron chi connectivity index (χ3n) is 8.31. The molecule has 1 fully saturated rings. The van der Waals surface area contributed by atoms with Crippen LogP contribution in [0, 0.1) is 23.2 Å². The van der Waals surface area contributed by atoms with E-state index < -0.39 is 29.1 Å². The number of aromatic nitrogens is 1. The van der Waals surface area contributed by atoms with Crippen molar-refractivity contribution in [2.45, 2.75) is 11.3 Å². The number of imide groups is 1. The summed E-state index contributed by atoms with van der Waals surface area (Å²) in [5.41, 5.74) is 5.97. The number of carbonyl (C=O) groups excluding carboxylic acids is 3. The molecule has 1 N–H and O–H groups in total. The molecule has 2 atom stereocenters. The number of nitrogens with one attached hydrogen (secondary N) is 1. The van der Waals surface area contributed by atoms with E-state index in [1.807, 2.05) is 48.5 Å². The van der Waals surface area contributed by atoms with Gasteiger partial charge in [-0.25, -0.2) is 10.3 Å². The molecule has 2 heterocycles. The van der Waals surface area contributed by atoms with E-state index in [2.05, 4.69) is 21.6 Å². The van der Waals surface area contributed by atoms with Gasteiger partial charge in [-0.05, 0) is 46.5 Å². The summed E-state index contributed by atoms with van der Waals surface area (Å²) in [4.78, 5) is 46.6. The van der Waals surface area contributed by atoms with Gasteiger partial charge in [0.25, 0.3) is 5.91 Å². The zero-order chi connectivity index (χ0) is 27.4. The number of nitriles is 1. The van der Waals surface area contributed by atoms with Gasteiger partial charge in [0.15, 0.2) is 0 Å². The highest BCUT2D eigenvalue weighted by molar-refractivity contribution is 6.25. The summed E-state index contributed by atoms with van der Waals surface area (Å²) in [7, 11) is 0. The van der Waals surface area contributed by atoms with E-state index in [4.69, 9.17) is 0 Å². The number of nitrogens with zero attached hydrogens (tertiary/aromatic N) is 4. The van der Waals surface area contributed by atoms with Crippen molar-refractivity contribution in [1.82, 2.24) is 10.4 Å². The van der Waals surface area contributed by atoms with Crippen molar-refractivity contribution in [1.29, 1.82) is 5.26 Å². The molecule has 4 aromatic rings. The van der Waals surface area contributed by atoms with E-state index in [1.165, 1.54) is 11.1 Å². The van der Waals surface area contributed by atoms with Gasteiger partial charge in [0, 0.05) is 24.5 Å². The van der Waals surface area contributed by atoms with E-state index in [0.29, 0.717) is 5.56 Å². The minimum Gasteiger partial charge on any atom is -0.274 e. The van der Waals surface area contributed by atoms with Crippen LogP contribution in [0.15, 0.2) is 102 Å². The summed E-state index contributed by atoms with van der Waals surface area (Å²) in [5.74, 6) is -3.04. The predicted octanol–water partition coefficient (Wildman–Crippen LogP) is 3.92. The molecule has 8 nitrogen and oxygen atoms in total. The highest BCUT2D eigenvalue weighted by Crippen LogP contribution is 2.63. The Hall–Kier alpha value is -5.42. The molecule has 0 radical (unpaired) electrons. The molecule has 2 unspecified atom stereocenters. The second kappa shape index (κ2) is 8.82. The van der Waals surface area contributed by atoms with Gasteiger partial charge in [-0.1, -0.05) is 60.7 Å². The Morgan fingerprint density at radius 1 is 0.925 bits per heavy atom. The smallest absolute Gasteiger partial charge is 0.272 e. The number of hydrogen-bond donors (Lipinski definition) is 1. The van der Waals surface area contributed by atoms with Crippen LogP contribution in [0.5, 0.6) is 0 Å². The molecule has 0 spiro atoms. The van der Waals surface area contributed by atoms with Crippen LogP contribution in [-0.2, 0) is 15.0 Å². The Bertz CT molecular complexity index is 1740. The molecule has 0 saturated carbocycles. The third kappa shape index (κ3) is 3.09. The number of hydrazone groups is 1. The lowest BCUT2D eigenvalue weighted by molar-refractivity contribution is -0.122. The lowest BCUT2D eigenvalue weighted by Gasteiger charge is -2.52. The molecule has 1 aromatic heterocycles. The largest absolute Gasteiger partial charge is 0.274 e. The van der Waals surface area contributed by atoms with Gasteiger partial charge in [0.2, 0.25) is 11.8 Å². The molecule has 3 aliphatic carbocycles. The van der Waals surface area contributed by atoms with Crippen LogP contribution in [-0.4, -0.2) is 28.9 Å². The third-order valence-corrected chi connectivity index (χ3v) is 8.31. The number of benzene rings is 3. The summed E-state index contributed by atoms with van der Waals surface area (Å²) >= 11 is 0. The molecule has 8 rings (SSSR count). The van der Waals surface area contributed by atoms with Crippen LogP contribution in [0.25, 0.3) is 0 Å². The molecule has 3 amide bonds. The minimum absolute atomic E-state index is 0.247. The number of pyridine rings is 1.